The van der Waals surface area contributed by atoms with Crippen molar-refractivity contribution >= 4 is 49.4 Å². The molecule has 1 aromatic heterocycles. The van der Waals surface area contributed by atoms with Crippen LogP contribution >= 0.6 is 0 Å². The fourth-order valence-electron chi connectivity index (χ4n) is 7.72. The largest absolute Gasteiger partial charge is 0.359 e. The minimum atomic E-state index is -4.00. The second-order valence-electron chi connectivity index (χ2n) is 14.9. The third-order valence-corrected chi connectivity index (χ3v) is 12.3. The van der Waals surface area contributed by atoms with Crippen LogP contribution in [0.1, 0.15) is 73.3 Å². The third kappa shape index (κ3) is 10.4. The minimum Gasteiger partial charge on any atom is -0.359 e. The van der Waals surface area contributed by atoms with Crippen LogP contribution < -0.4 is 21.7 Å². The molecule has 4 aromatic carbocycles. The molecular weight excluding hydrogens is 711 g/mol. The molecule has 0 spiro atoms. The molecule has 0 saturated carbocycles. The SMILES string of the molecule is CNC(=O)CC[C@H](CCCCN)NC(=O)[C@@H](Cc1cn(S(=O)(=O)c2c(C)cc(C)cc2C)c2ccccc12)C[C@@H](C)NC(=O)Cc1ccc2ccccc2c1. The molecule has 0 aliphatic heterocycles. The van der Waals surface area contributed by atoms with Gasteiger partial charge in [0.2, 0.25) is 17.7 Å². The predicted molar refractivity (Wildman–Crippen MR) is 220 cm³/mol. The topological polar surface area (TPSA) is 152 Å². The average molecular weight is 766 g/mol. The van der Waals surface area contributed by atoms with E-state index >= 15 is 0 Å². The van der Waals surface area contributed by atoms with Gasteiger partial charge < -0.3 is 21.7 Å². The van der Waals surface area contributed by atoms with Crippen molar-refractivity contribution in [1.82, 2.24) is 19.9 Å². The van der Waals surface area contributed by atoms with E-state index in [4.69, 9.17) is 5.73 Å². The number of aryl methyl sites for hydroxylation is 3. The van der Waals surface area contributed by atoms with Gasteiger partial charge in [0.25, 0.3) is 10.0 Å². The van der Waals surface area contributed by atoms with Gasteiger partial charge in [0.15, 0.2) is 0 Å². The molecule has 5 rings (SSSR count). The number of hydrogen-bond donors (Lipinski definition) is 4. The van der Waals surface area contributed by atoms with Gasteiger partial charge in [-0.1, -0.05) is 84.8 Å². The summed E-state index contributed by atoms with van der Waals surface area (Å²) in [6.45, 7) is 7.98. The Morgan fingerprint density at radius 3 is 2.22 bits per heavy atom. The van der Waals surface area contributed by atoms with Crippen LogP contribution in [0.25, 0.3) is 21.7 Å². The number of rotatable bonds is 18. The maximum absolute atomic E-state index is 14.4. The number of nitrogens with one attached hydrogen (secondary N) is 3. The summed E-state index contributed by atoms with van der Waals surface area (Å²) in [5.41, 5.74) is 10.2. The summed E-state index contributed by atoms with van der Waals surface area (Å²) < 4.78 is 30.1. The van der Waals surface area contributed by atoms with Gasteiger partial charge in [-0.2, -0.15) is 0 Å². The first kappa shape index (κ1) is 41.2. The van der Waals surface area contributed by atoms with Crippen molar-refractivity contribution in [3.05, 3.63) is 113 Å². The van der Waals surface area contributed by atoms with E-state index in [0.29, 0.717) is 48.0 Å². The Morgan fingerprint density at radius 1 is 0.818 bits per heavy atom. The molecule has 55 heavy (non-hydrogen) atoms. The lowest BCUT2D eigenvalue weighted by atomic mass is 9.91. The van der Waals surface area contributed by atoms with Crippen LogP contribution in [-0.2, 0) is 37.2 Å². The Kier molecular flexibility index (Phi) is 13.9. The lowest BCUT2D eigenvalue weighted by Gasteiger charge is -2.25. The number of nitrogens with two attached hydrogens (primary N) is 1. The van der Waals surface area contributed by atoms with Crippen LogP contribution in [0, 0.1) is 26.7 Å². The zero-order valence-corrected chi connectivity index (χ0v) is 33.5. The van der Waals surface area contributed by atoms with E-state index in [1.807, 2.05) is 100 Å². The molecule has 3 amide bonds. The molecule has 5 N–H and O–H groups in total. The molecule has 0 fully saturated rings. The lowest BCUT2D eigenvalue weighted by molar-refractivity contribution is -0.127. The van der Waals surface area contributed by atoms with E-state index in [2.05, 4.69) is 16.0 Å². The quantitative estimate of drug-likeness (QED) is 0.0759. The summed E-state index contributed by atoms with van der Waals surface area (Å²) in [5.74, 6) is -1.10. The van der Waals surface area contributed by atoms with Crippen LogP contribution in [0.5, 0.6) is 0 Å². The second-order valence-corrected chi connectivity index (χ2v) is 16.6. The van der Waals surface area contributed by atoms with Gasteiger partial charge in [0.05, 0.1) is 16.8 Å². The van der Waals surface area contributed by atoms with E-state index in [9.17, 15) is 22.8 Å². The van der Waals surface area contributed by atoms with Crippen molar-refractivity contribution in [2.24, 2.45) is 11.7 Å². The molecule has 5 aromatic rings. The van der Waals surface area contributed by atoms with Crippen molar-refractivity contribution < 1.29 is 22.8 Å². The van der Waals surface area contributed by atoms with Crippen LogP contribution in [0.4, 0.5) is 0 Å². The summed E-state index contributed by atoms with van der Waals surface area (Å²) in [7, 11) is -2.41. The molecule has 0 radical (unpaired) electrons. The number of aromatic nitrogens is 1. The fraction of sp³-hybridized carbons (Fsp3) is 0.386. The second kappa shape index (κ2) is 18.6. The minimum absolute atomic E-state index is 0.106. The summed E-state index contributed by atoms with van der Waals surface area (Å²) in [4.78, 5) is 40.1. The maximum atomic E-state index is 14.4. The molecule has 0 unspecified atom stereocenters. The highest BCUT2D eigenvalue weighted by Gasteiger charge is 2.29. The third-order valence-electron chi connectivity index (χ3n) is 10.3. The highest BCUT2D eigenvalue weighted by molar-refractivity contribution is 7.90. The van der Waals surface area contributed by atoms with Gasteiger partial charge in [0.1, 0.15) is 0 Å². The van der Waals surface area contributed by atoms with Gasteiger partial charge in [-0.15, -0.1) is 0 Å². The molecule has 0 aliphatic rings. The molecule has 3 atom stereocenters. The summed E-state index contributed by atoms with van der Waals surface area (Å²) in [6.07, 6.45) is 5.36. The molecule has 0 aliphatic carbocycles. The Bertz CT molecular complexity index is 2240. The van der Waals surface area contributed by atoms with Crippen LogP contribution in [0.15, 0.2) is 90.0 Å². The Labute approximate surface area is 325 Å². The van der Waals surface area contributed by atoms with E-state index in [1.165, 1.54) is 3.97 Å². The molecule has 1 heterocycles. The predicted octanol–water partition coefficient (Wildman–Crippen LogP) is 6.39. The number of para-hydroxylation sites is 1. The molecule has 0 bridgehead atoms. The number of hydrogen-bond acceptors (Lipinski definition) is 6. The Morgan fingerprint density at radius 2 is 1.51 bits per heavy atom. The standard InChI is InChI=1S/C44H55N5O5S/c1-29-22-30(2)43(31(3)23-29)55(53,54)49-28-37(39-15-8-9-16-40(39)49)27-36(44(52)48-38(14-10-11-21-45)19-20-41(50)46-5)24-32(4)47-42(51)26-33-17-18-34-12-6-7-13-35(34)25-33/h6-9,12-13,15-18,22-23,25,28,32,36,38H,10-11,14,19-21,24,26-27,45H2,1-5H3,(H,46,50)(H,47,51)(H,48,52)/t32-,36-,38+/m1/s1. The molecule has 292 valence electrons. The summed E-state index contributed by atoms with van der Waals surface area (Å²) in [5, 5.41) is 11.9. The van der Waals surface area contributed by atoms with Crippen molar-refractivity contribution in [2.75, 3.05) is 13.6 Å². The molecular formula is C44H55N5O5S. The van der Waals surface area contributed by atoms with E-state index in [0.717, 1.165) is 40.1 Å². The van der Waals surface area contributed by atoms with Gasteiger partial charge in [0, 0.05) is 43.1 Å². The van der Waals surface area contributed by atoms with E-state index in [-0.39, 0.29) is 54.0 Å². The van der Waals surface area contributed by atoms with Crippen LogP contribution in [-0.4, -0.2) is 55.8 Å². The Hall–Kier alpha value is -5.00. The lowest BCUT2D eigenvalue weighted by Crippen LogP contribution is -2.43. The number of benzene rings is 4. The first-order valence-corrected chi connectivity index (χ1v) is 20.6. The average Bonchev–Trinajstić information content (AvgIpc) is 3.51. The maximum Gasteiger partial charge on any atom is 0.268 e. The van der Waals surface area contributed by atoms with Crippen LogP contribution in [0.3, 0.4) is 0 Å². The normalized spacial score (nSPS) is 13.3. The van der Waals surface area contributed by atoms with E-state index < -0.39 is 15.9 Å². The van der Waals surface area contributed by atoms with Crippen molar-refractivity contribution in [1.29, 1.82) is 0 Å². The van der Waals surface area contributed by atoms with Gasteiger partial charge in [-0.25, -0.2) is 12.4 Å². The zero-order chi connectivity index (χ0) is 39.7. The first-order chi connectivity index (χ1) is 26.3. The van der Waals surface area contributed by atoms with Gasteiger partial charge >= 0.3 is 0 Å². The number of nitrogens with zero attached hydrogens (tertiary/aromatic N) is 1. The fourth-order valence-corrected chi connectivity index (χ4v) is 9.53. The smallest absolute Gasteiger partial charge is 0.268 e. The number of carbonyl (C=O) groups is 3. The molecule has 0 saturated heterocycles. The monoisotopic (exact) mass is 765 g/mol. The van der Waals surface area contributed by atoms with Gasteiger partial charge in [-0.3, -0.25) is 14.4 Å². The molecule has 11 heteroatoms. The number of unbranched alkanes of at least 4 members (excludes halogenated alkanes) is 1. The van der Waals surface area contributed by atoms with E-state index in [1.54, 1.807) is 19.3 Å². The molecule has 10 nitrogen and oxygen atoms in total. The number of amides is 3. The highest BCUT2D eigenvalue weighted by Crippen LogP contribution is 2.32. The highest BCUT2D eigenvalue weighted by atomic mass is 32.2. The Balaban J connectivity index is 1.44. The number of fused-ring (bicyclic) bond motifs is 2. The van der Waals surface area contributed by atoms with Crippen molar-refractivity contribution in [3.63, 3.8) is 0 Å². The zero-order valence-electron chi connectivity index (χ0n) is 32.7. The van der Waals surface area contributed by atoms with Crippen molar-refractivity contribution in [3.8, 4) is 0 Å². The summed E-state index contributed by atoms with van der Waals surface area (Å²) in [6, 6.07) is 24.4. The van der Waals surface area contributed by atoms with Crippen molar-refractivity contribution in [2.45, 2.75) is 96.0 Å². The van der Waals surface area contributed by atoms with Crippen LogP contribution in [0.2, 0.25) is 0 Å². The number of carbonyl (C=O) groups excluding carboxylic acids is 3. The van der Waals surface area contributed by atoms with Gasteiger partial charge in [-0.05, 0) is 105 Å². The first-order valence-electron chi connectivity index (χ1n) is 19.2. The summed E-state index contributed by atoms with van der Waals surface area (Å²) >= 11 is 0.